The number of urea groups is 1. The van der Waals surface area contributed by atoms with Crippen LogP contribution in [0.25, 0.3) is 16.6 Å². The van der Waals surface area contributed by atoms with Crippen LogP contribution in [0.3, 0.4) is 0 Å². The fourth-order valence-electron chi connectivity index (χ4n) is 3.16. The number of fused-ring (bicyclic) bond motifs is 2. The van der Waals surface area contributed by atoms with Crippen molar-refractivity contribution in [1.29, 1.82) is 0 Å². The van der Waals surface area contributed by atoms with E-state index in [1.807, 2.05) is 70.9 Å². The van der Waals surface area contributed by atoms with Crippen LogP contribution in [0.1, 0.15) is 16.1 Å². The number of rotatable bonds is 4. The molecule has 0 aliphatic carbocycles. The maximum atomic E-state index is 12.4. The van der Waals surface area contributed by atoms with E-state index in [0.29, 0.717) is 18.5 Å². The van der Waals surface area contributed by atoms with Crippen molar-refractivity contribution in [2.24, 2.45) is 7.05 Å². The molecule has 8 heteroatoms. The van der Waals surface area contributed by atoms with Crippen LogP contribution in [-0.4, -0.2) is 32.4 Å². The van der Waals surface area contributed by atoms with Gasteiger partial charge in [0.2, 0.25) is 0 Å². The molecule has 0 bridgehead atoms. The Morgan fingerprint density at radius 1 is 1.04 bits per heavy atom. The summed E-state index contributed by atoms with van der Waals surface area (Å²) in [5.41, 5.74) is 8.02. The summed E-state index contributed by atoms with van der Waals surface area (Å²) in [4.78, 5) is 28.8. The third-order valence-electron chi connectivity index (χ3n) is 4.51. The highest BCUT2D eigenvalue weighted by molar-refractivity contribution is 6.07. The molecule has 3 heterocycles. The molecule has 3 N–H and O–H groups in total. The lowest BCUT2D eigenvalue weighted by Gasteiger charge is -2.08. The van der Waals surface area contributed by atoms with Crippen LogP contribution in [-0.2, 0) is 13.5 Å². The molecule has 0 saturated heterocycles. The molecule has 0 aliphatic rings. The Balaban J connectivity index is 1.28. The molecule has 3 aromatic heterocycles. The van der Waals surface area contributed by atoms with Crippen LogP contribution >= 0.6 is 0 Å². The number of carbonyl (C=O) groups is 2. The summed E-state index contributed by atoms with van der Waals surface area (Å²) in [6.45, 7) is 0.403. The first kappa shape index (κ1) is 17.6. The minimum absolute atomic E-state index is 0.368. The van der Waals surface area contributed by atoms with Gasteiger partial charge in [0.05, 0.1) is 11.3 Å². The zero-order valence-corrected chi connectivity index (χ0v) is 15.3. The van der Waals surface area contributed by atoms with Crippen LogP contribution in [0.4, 0.5) is 4.79 Å². The summed E-state index contributed by atoms with van der Waals surface area (Å²) < 4.78 is 3.80. The molecule has 0 radical (unpaired) electrons. The molecule has 3 amide bonds. The minimum atomic E-state index is -0.475. The SMILES string of the molecule is Cn1cc(C(=O)NNC(=O)NCCc2cn3ccccc3n2)c2ccccc21. The maximum absolute atomic E-state index is 12.4. The van der Waals surface area contributed by atoms with E-state index in [1.54, 1.807) is 6.20 Å². The number of imidazole rings is 1. The fraction of sp³-hybridized carbons (Fsp3) is 0.150. The first-order valence-corrected chi connectivity index (χ1v) is 8.92. The molecule has 28 heavy (non-hydrogen) atoms. The molecular formula is C20H20N6O2. The van der Waals surface area contributed by atoms with Crippen molar-refractivity contribution in [1.82, 2.24) is 30.1 Å². The second-order valence-corrected chi connectivity index (χ2v) is 6.45. The van der Waals surface area contributed by atoms with Gasteiger partial charge in [-0.25, -0.2) is 15.2 Å². The first-order chi connectivity index (χ1) is 13.6. The summed E-state index contributed by atoms with van der Waals surface area (Å²) in [7, 11) is 1.87. The summed E-state index contributed by atoms with van der Waals surface area (Å²) in [6.07, 6.45) is 6.18. The molecule has 1 aromatic carbocycles. The maximum Gasteiger partial charge on any atom is 0.333 e. The lowest BCUT2D eigenvalue weighted by atomic mass is 10.2. The molecule has 4 aromatic rings. The highest BCUT2D eigenvalue weighted by atomic mass is 16.2. The van der Waals surface area contributed by atoms with Crippen LogP contribution in [0.15, 0.2) is 61.1 Å². The Labute approximate surface area is 161 Å². The Morgan fingerprint density at radius 2 is 1.86 bits per heavy atom. The van der Waals surface area contributed by atoms with Gasteiger partial charge in [-0.2, -0.15) is 0 Å². The average Bonchev–Trinajstić information content (AvgIpc) is 3.27. The highest BCUT2D eigenvalue weighted by Gasteiger charge is 2.14. The largest absolute Gasteiger partial charge is 0.350 e. The van der Waals surface area contributed by atoms with Crippen molar-refractivity contribution in [3.63, 3.8) is 0 Å². The van der Waals surface area contributed by atoms with Gasteiger partial charge in [-0.15, -0.1) is 0 Å². The van der Waals surface area contributed by atoms with E-state index in [-0.39, 0.29) is 5.91 Å². The van der Waals surface area contributed by atoms with Crippen molar-refractivity contribution < 1.29 is 9.59 Å². The molecule has 0 atom stereocenters. The Hall–Kier alpha value is -3.81. The third kappa shape index (κ3) is 3.52. The summed E-state index contributed by atoms with van der Waals surface area (Å²) >= 11 is 0. The predicted molar refractivity (Wildman–Crippen MR) is 106 cm³/mol. The normalized spacial score (nSPS) is 10.9. The highest BCUT2D eigenvalue weighted by Crippen LogP contribution is 2.19. The number of nitrogens with zero attached hydrogens (tertiary/aromatic N) is 3. The Bertz CT molecular complexity index is 1130. The lowest BCUT2D eigenvalue weighted by molar-refractivity contribution is 0.0937. The van der Waals surface area contributed by atoms with Crippen LogP contribution < -0.4 is 16.2 Å². The van der Waals surface area contributed by atoms with Gasteiger partial charge in [0, 0.05) is 49.5 Å². The summed E-state index contributed by atoms with van der Waals surface area (Å²) in [5.74, 6) is -0.368. The van der Waals surface area contributed by atoms with E-state index >= 15 is 0 Å². The first-order valence-electron chi connectivity index (χ1n) is 8.92. The van der Waals surface area contributed by atoms with Gasteiger partial charge in [0.15, 0.2) is 0 Å². The number of para-hydroxylation sites is 1. The van der Waals surface area contributed by atoms with E-state index in [1.165, 1.54) is 0 Å². The molecule has 8 nitrogen and oxygen atoms in total. The number of benzene rings is 1. The van der Waals surface area contributed by atoms with Crippen molar-refractivity contribution in [2.45, 2.75) is 6.42 Å². The number of hydrogen-bond donors (Lipinski definition) is 3. The van der Waals surface area contributed by atoms with E-state index in [4.69, 9.17) is 0 Å². The second kappa shape index (κ2) is 7.43. The van der Waals surface area contributed by atoms with E-state index < -0.39 is 6.03 Å². The molecule has 142 valence electrons. The molecule has 0 unspecified atom stereocenters. The van der Waals surface area contributed by atoms with Crippen LogP contribution in [0.5, 0.6) is 0 Å². The van der Waals surface area contributed by atoms with E-state index in [9.17, 15) is 9.59 Å². The number of hydrogen-bond acceptors (Lipinski definition) is 3. The van der Waals surface area contributed by atoms with Crippen molar-refractivity contribution in [2.75, 3.05) is 6.54 Å². The molecule has 0 spiro atoms. The monoisotopic (exact) mass is 376 g/mol. The Kier molecular flexibility index (Phi) is 4.67. The van der Waals surface area contributed by atoms with Gasteiger partial charge < -0.3 is 14.3 Å². The summed E-state index contributed by atoms with van der Waals surface area (Å²) in [5, 5.41) is 3.54. The number of aryl methyl sites for hydroxylation is 1. The standard InChI is InChI=1S/C20H20N6O2/c1-25-13-16(15-6-2-3-7-17(15)25)19(27)23-24-20(28)21-10-9-14-12-26-11-5-4-8-18(26)22-14/h2-8,11-13H,9-10H2,1H3,(H,23,27)(H2,21,24,28). The second-order valence-electron chi connectivity index (χ2n) is 6.45. The number of pyridine rings is 1. The number of hydrazine groups is 1. The van der Waals surface area contributed by atoms with Gasteiger partial charge in [0.1, 0.15) is 5.65 Å². The number of amides is 3. The third-order valence-corrected chi connectivity index (χ3v) is 4.51. The van der Waals surface area contributed by atoms with Gasteiger partial charge >= 0.3 is 6.03 Å². The van der Waals surface area contributed by atoms with Crippen molar-refractivity contribution >= 4 is 28.5 Å². The van der Waals surface area contributed by atoms with E-state index in [2.05, 4.69) is 21.2 Å². The quantitative estimate of drug-likeness (QED) is 0.476. The molecule has 0 saturated carbocycles. The van der Waals surface area contributed by atoms with E-state index in [0.717, 1.165) is 22.2 Å². The molecule has 0 aliphatic heterocycles. The summed E-state index contributed by atoms with van der Waals surface area (Å²) in [6, 6.07) is 12.9. The van der Waals surface area contributed by atoms with Gasteiger partial charge in [-0.3, -0.25) is 10.2 Å². The lowest BCUT2D eigenvalue weighted by Crippen LogP contribution is -2.47. The smallest absolute Gasteiger partial charge is 0.333 e. The zero-order valence-electron chi connectivity index (χ0n) is 15.3. The van der Waals surface area contributed by atoms with Gasteiger partial charge in [0.25, 0.3) is 5.91 Å². The van der Waals surface area contributed by atoms with Gasteiger partial charge in [-0.05, 0) is 18.2 Å². The molecular weight excluding hydrogens is 356 g/mol. The van der Waals surface area contributed by atoms with Crippen molar-refractivity contribution in [3.05, 3.63) is 72.3 Å². The number of aromatic nitrogens is 3. The average molecular weight is 376 g/mol. The fourth-order valence-corrected chi connectivity index (χ4v) is 3.16. The number of carbonyl (C=O) groups excluding carboxylic acids is 2. The van der Waals surface area contributed by atoms with Crippen LogP contribution in [0.2, 0.25) is 0 Å². The minimum Gasteiger partial charge on any atom is -0.350 e. The molecule has 0 fully saturated rings. The topological polar surface area (TPSA) is 92.5 Å². The van der Waals surface area contributed by atoms with Gasteiger partial charge in [-0.1, -0.05) is 24.3 Å². The molecule has 4 rings (SSSR count). The number of nitrogens with one attached hydrogen (secondary N) is 3. The predicted octanol–water partition coefficient (Wildman–Crippen LogP) is 2.01. The van der Waals surface area contributed by atoms with Crippen molar-refractivity contribution in [3.8, 4) is 0 Å². The Morgan fingerprint density at radius 3 is 2.71 bits per heavy atom. The van der Waals surface area contributed by atoms with Crippen LogP contribution in [0, 0.1) is 0 Å². The zero-order chi connectivity index (χ0) is 19.5.